The van der Waals surface area contributed by atoms with E-state index < -0.39 is 6.04 Å². The van der Waals surface area contributed by atoms with E-state index in [1.54, 1.807) is 30.2 Å². The molecule has 0 radical (unpaired) electrons. The predicted molar refractivity (Wildman–Crippen MR) is 68.6 cm³/mol. The minimum absolute atomic E-state index is 0.0828. The zero-order chi connectivity index (χ0) is 13.7. The van der Waals surface area contributed by atoms with Crippen LogP contribution in [0.4, 0.5) is 0 Å². The second-order valence-corrected chi connectivity index (χ2v) is 4.37. The number of hydrogen-bond donors (Lipinski definition) is 1. The van der Waals surface area contributed by atoms with Gasteiger partial charge in [-0.1, -0.05) is 0 Å². The lowest BCUT2D eigenvalue weighted by Gasteiger charge is -2.29. The first-order valence-corrected chi connectivity index (χ1v) is 6.26. The van der Waals surface area contributed by atoms with Crippen LogP contribution in [0.5, 0.6) is 0 Å². The molecule has 1 N–H and O–H groups in total. The van der Waals surface area contributed by atoms with E-state index in [1.165, 1.54) is 6.20 Å². The summed E-state index contributed by atoms with van der Waals surface area (Å²) in [5, 5.41) is 2.68. The Balaban J connectivity index is 1.91. The number of nitrogens with one attached hydrogen (secondary N) is 1. The highest BCUT2D eigenvalue weighted by molar-refractivity contribution is 5.97. The summed E-state index contributed by atoms with van der Waals surface area (Å²) in [6, 6.07) is 2.79. The van der Waals surface area contributed by atoms with Crippen molar-refractivity contribution in [1.29, 1.82) is 0 Å². The molecule has 1 fully saturated rings. The van der Waals surface area contributed by atoms with Gasteiger partial charge in [0.1, 0.15) is 6.04 Å². The monoisotopic (exact) mass is 263 g/mol. The molecule has 1 aromatic heterocycles. The van der Waals surface area contributed by atoms with Crippen molar-refractivity contribution in [2.24, 2.45) is 0 Å². The Morgan fingerprint density at radius 1 is 1.42 bits per heavy atom. The Hall–Kier alpha value is -1.95. The quantitative estimate of drug-likeness (QED) is 0.837. The standard InChI is InChI=1S/C13H17N3O3/c1-10(13(18)16-5-7-19-8-6-16)15-12(17)11-3-2-4-14-9-11/h2-4,9-10H,5-8H2,1H3,(H,15,17)/t10-/m1/s1. The third-order valence-corrected chi connectivity index (χ3v) is 2.96. The third-order valence-electron chi connectivity index (χ3n) is 2.96. The molecule has 0 bridgehead atoms. The number of carbonyl (C=O) groups excluding carboxylic acids is 2. The van der Waals surface area contributed by atoms with Crippen molar-refractivity contribution in [3.63, 3.8) is 0 Å². The first kappa shape index (κ1) is 13.5. The molecule has 6 nitrogen and oxygen atoms in total. The molecule has 1 saturated heterocycles. The van der Waals surface area contributed by atoms with Crippen LogP contribution in [0.25, 0.3) is 0 Å². The molecule has 0 saturated carbocycles. The summed E-state index contributed by atoms with van der Waals surface area (Å²) in [5.41, 5.74) is 0.448. The fourth-order valence-electron chi connectivity index (χ4n) is 1.90. The van der Waals surface area contributed by atoms with Gasteiger partial charge in [0.2, 0.25) is 5.91 Å². The van der Waals surface area contributed by atoms with Gasteiger partial charge < -0.3 is 15.0 Å². The maximum absolute atomic E-state index is 12.1. The molecule has 19 heavy (non-hydrogen) atoms. The van der Waals surface area contributed by atoms with Crippen molar-refractivity contribution in [3.8, 4) is 0 Å². The van der Waals surface area contributed by atoms with Gasteiger partial charge in [-0.3, -0.25) is 14.6 Å². The molecule has 6 heteroatoms. The Bertz CT molecular complexity index is 444. The van der Waals surface area contributed by atoms with E-state index in [-0.39, 0.29) is 11.8 Å². The van der Waals surface area contributed by atoms with Crippen molar-refractivity contribution in [3.05, 3.63) is 30.1 Å². The van der Waals surface area contributed by atoms with E-state index in [9.17, 15) is 9.59 Å². The van der Waals surface area contributed by atoms with E-state index in [0.29, 0.717) is 31.9 Å². The average molecular weight is 263 g/mol. The SMILES string of the molecule is C[C@@H](NC(=O)c1cccnc1)C(=O)N1CCOCC1. The highest BCUT2D eigenvalue weighted by atomic mass is 16.5. The summed E-state index contributed by atoms with van der Waals surface area (Å²) in [5.74, 6) is -0.372. The highest BCUT2D eigenvalue weighted by Gasteiger charge is 2.23. The predicted octanol–water partition coefficient (Wildman–Crippen LogP) is 0.0587. The maximum atomic E-state index is 12.1. The molecule has 1 atom stereocenters. The van der Waals surface area contributed by atoms with Crippen molar-refractivity contribution in [1.82, 2.24) is 15.2 Å². The second-order valence-electron chi connectivity index (χ2n) is 4.37. The largest absolute Gasteiger partial charge is 0.378 e. The van der Waals surface area contributed by atoms with Crippen molar-refractivity contribution >= 4 is 11.8 Å². The fourth-order valence-corrected chi connectivity index (χ4v) is 1.90. The van der Waals surface area contributed by atoms with Crippen LogP contribution < -0.4 is 5.32 Å². The number of carbonyl (C=O) groups is 2. The van der Waals surface area contributed by atoms with Gasteiger partial charge in [-0.15, -0.1) is 0 Å². The summed E-state index contributed by atoms with van der Waals surface area (Å²) in [7, 11) is 0. The van der Waals surface area contributed by atoms with Crippen LogP contribution in [0.3, 0.4) is 0 Å². The smallest absolute Gasteiger partial charge is 0.253 e. The molecule has 1 aliphatic rings. The van der Waals surface area contributed by atoms with Crippen LogP contribution in [0, 0.1) is 0 Å². The topological polar surface area (TPSA) is 71.5 Å². The van der Waals surface area contributed by atoms with Crippen molar-refractivity contribution < 1.29 is 14.3 Å². The summed E-state index contributed by atoms with van der Waals surface area (Å²) < 4.78 is 5.19. The number of hydrogen-bond acceptors (Lipinski definition) is 4. The summed E-state index contributed by atoms with van der Waals surface area (Å²) in [6.07, 6.45) is 3.07. The van der Waals surface area contributed by atoms with Crippen LogP contribution in [-0.4, -0.2) is 54.0 Å². The van der Waals surface area contributed by atoms with Gasteiger partial charge >= 0.3 is 0 Å². The van der Waals surface area contributed by atoms with Crippen molar-refractivity contribution in [2.45, 2.75) is 13.0 Å². The van der Waals surface area contributed by atoms with Gasteiger partial charge in [0.05, 0.1) is 18.8 Å². The molecule has 0 aromatic carbocycles. The first-order chi connectivity index (χ1) is 9.18. The minimum atomic E-state index is -0.550. The Morgan fingerprint density at radius 3 is 2.79 bits per heavy atom. The normalized spacial score (nSPS) is 16.8. The summed E-state index contributed by atoms with van der Waals surface area (Å²) in [4.78, 5) is 29.6. The highest BCUT2D eigenvalue weighted by Crippen LogP contribution is 2.02. The van der Waals surface area contributed by atoms with E-state index in [4.69, 9.17) is 4.74 Å². The number of aromatic nitrogens is 1. The molecule has 1 aromatic rings. The molecule has 0 unspecified atom stereocenters. The Labute approximate surface area is 111 Å². The van der Waals surface area contributed by atoms with E-state index in [1.807, 2.05) is 0 Å². The zero-order valence-electron chi connectivity index (χ0n) is 10.8. The van der Waals surface area contributed by atoms with Gasteiger partial charge in [-0.25, -0.2) is 0 Å². The lowest BCUT2D eigenvalue weighted by atomic mass is 10.2. The molecule has 2 heterocycles. The molecule has 102 valence electrons. The van der Waals surface area contributed by atoms with Crippen LogP contribution in [0.1, 0.15) is 17.3 Å². The summed E-state index contributed by atoms with van der Waals surface area (Å²) >= 11 is 0. The van der Waals surface area contributed by atoms with Crippen LogP contribution >= 0.6 is 0 Å². The molecule has 0 aliphatic carbocycles. The number of rotatable bonds is 3. The molecular formula is C13H17N3O3. The van der Waals surface area contributed by atoms with Crippen LogP contribution in [-0.2, 0) is 9.53 Å². The van der Waals surface area contributed by atoms with Gasteiger partial charge in [-0.05, 0) is 19.1 Å². The molecule has 1 aliphatic heterocycles. The molecule has 0 spiro atoms. The third kappa shape index (κ3) is 3.51. The lowest BCUT2D eigenvalue weighted by molar-refractivity contribution is -0.136. The summed E-state index contributed by atoms with van der Waals surface area (Å²) in [6.45, 7) is 3.94. The van der Waals surface area contributed by atoms with Gasteiger partial charge in [0.25, 0.3) is 5.91 Å². The molecule has 2 amide bonds. The maximum Gasteiger partial charge on any atom is 0.253 e. The lowest BCUT2D eigenvalue weighted by Crippen LogP contribution is -2.50. The van der Waals surface area contributed by atoms with Crippen LogP contribution in [0.2, 0.25) is 0 Å². The van der Waals surface area contributed by atoms with Gasteiger partial charge in [-0.2, -0.15) is 0 Å². The van der Waals surface area contributed by atoms with Crippen LogP contribution in [0.15, 0.2) is 24.5 Å². The zero-order valence-corrected chi connectivity index (χ0v) is 10.8. The number of ether oxygens (including phenoxy) is 1. The Morgan fingerprint density at radius 2 is 2.16 bits per heavy atom. The molecule has 2 rings (SSSR count). The number of nitrogens with zero attached hydrogens (tertiary/aromatic N) is 2. The number of pyridine rings is 1. The molecular weight excluding hydrogens is 246 g/mol. The minimum Gasteiger partial charge on any atom is -0.378 e. The first-order valence-electron chi connectivity index (χ1n) is 6.26. The van der Waals surface area contributed by atoms with E-state index in [2.05, 4.69) is 10.3 Å². The Kier molecular flexibility index (Phi) is 4.46. The second kappa shape index (κ2) is 6.29. The number of amides is 2. The average Bonchev–Trinajstić information content (AvgIpc) is 2.48. The van der Waals surface area contributed by atoms with E-state index >= 15 is 0 Å². The van der Waals surface area contributed by atoms with Gasteiger partial charge in [0, 0.05) is 25.5 Å². The number of morpholine rings is 1. The van der Waals surface area contributed by atoms with E-state index in [0.717, 1.165) is 0 Å². The fraction of sp³-hybridized carbons (Fsp3) is 0.462. The van der Waals surface area contributed by atoms with Crippen molar-refractivity contribution in [2.75, 3.05) is 26.3 Å². The van der Waals surface area contributed by atoms with Gasteiger partial charge in [0.15, 0.2) is 0 Å².